The van der Waals surface area contributed by atoms with Gasteiger partial charge in [-0.05, 0) is 45.0 Å². The number of rotatable bonds is 5. The summed E-state index contributed by atoms with van der Waals surface area (Å²) in [6, 6.07) is 5.58. The Morgan fingerprint density at radius 3 is 2.62 bits per heavy atom. The van der Waals surface area contributed by atoms with Gasteiger partial charge in [-0.15, -0.1) is 11.3 Å². The molecule has 1 heterocycles. The molecule has 0 aliphatic carbocycles. The Morgan fingerprint density at radius 1 is 1.38 bits per heavy atom. The van der Waals surface area contributed by atoms with E-state index in [1.165, 1.54) is 24.3 Å². The molecule has 1 N–H and O–H groups in total. The summed E-state index contributed by atoms with van der Waals surface area (Å²) in [6.45, 7) is 5.95. The third-order valence-corrected chi connectivity index (χ3v) is 3.99. The van der Waals surface area contributed by atoms with E-state index in [9.17, 15) is 9.18 Å². The first-order valence-corrected chi connectivity index (χ1v) is 7.40. The highest BCUT2D eigenvalue weighted by atomic mass is 32.1. The monoisotopic (exact) mass is 308 g/mol. The molecule has 0 saturated carbocycles. The van der Waals surface area contributed by atoms with Crippen LogP contribution in [-0.4, -0.2) is 17.0 Å². The van der Waals surface area contributed by atoms with E-state index in [1.54, 1.807) is 18.3 Å². The van der Waals surface area contributed by atoms with Crippen molar-refractivity contribution in [2.75, 3.05) is 0 Å². The molecule has 0 aliphatic rings. The predicted octanol–water partition coefficient (Wildman–Crippen LogP) is 2.98. The summed E-state index contributed by atoms with van der Waals surface area (Å²) in [5, 5.41) is 3.80. The highest BCUT2D eigenvalue weighted by Gasteiger charge is 2.15. The topological polar surface area (TPSA) is 51.2 Å². The summed E-state index contributed by atoms with van der Waals surface area (Å²) in [4.78, 5) is 17.3. The van der Waals surface area contributed by atoms with E-state index >= 15 is 0 Å². The van der Waals surface area contributed by atoms with Crippen molar-refractivity contribution < 1.29 is 13.9 Å². The van der Waals surface area contributed by atoms with Crippen LogP contribution >= 0.6 is 11.3 Å². The Hall–Kier alpha value is -1.95. The Kier molecular flexibility index (Phi) is 4.90. The maximum atomic E-state index is 12.8. The molecule has 0 bridgehead atoms. The van der Waals surface area contributed by atoms with E-state index in [0.29, 0.717) is 12.3 Å². The molecule has 1 amide bonds. The zero-order chi connectivity index (χ0) is 15.4. The van der Waals surface area contributed by atoms with Gasteiger partial charge in [-0.25, -0.2) is 9.37 Å². The minimum atomic E-state index is -0.648. The fourth-order valence-corrected chi connectivity index (χ4v) is 2.70. The lowest BCUT2D eigenvalue weighted by molar-refractivity contribution is -0.127. The molecule has 112 valence electrons. The molecule has 4 nitrogen and oxygen atoms in total. The smallest absolute Gasteiger partial charge is 0.261 e. The van der Waals surface area contributed by atoms with Crippen LogP contribution in [0.2, 0.25) is 0 Å². The number of nitrogens with one attached hydrogen (secondary N) is 1. The predicted molar refractivity (Wildman–Crippen MR) is 79.9 cm³/mol. The van der Waals surface area contributed by atoms with Crippen LogP contribution in [0.4, 0.5) is 4.39 Å². The number of carbonyl (C=O) groups excluding carboxylic acids is 1. The van der Waals surface area contributed by atoms with E-state index in [-0.39, 0.29) is 11.7 Å². The number of hydrogen-bond donors (Lipinski definition) is 1. The van der Waals surface area contributed by atoms with Crippen LogP contribution in [0.3, 0.4) is 0 Å². The van der Waals surface area contributed by atoms with Crippen molar-refractivity contribution in [3.05, 3.63) is 45.7 Å². The molecular weight excluding hydrogens is 291 g/mol. The minimum Gasteiger partial charge on any atom is -0.481 e. The summed E-state index contributed by atoms with van der Waals surface area (Å²) >= 11 is 1.57. The lowest BCUT2D eigenvalue weighted by atomic mass is 10.3. The second-order valence-electron chi connectivity index (χ2n) is 4.67. The van der Waals surface area contributed by atoms with E-state index in [2.05, 4.69) is 10.3 Å². The van der Waals surface area contributed by atoms with Gasteiger partial charge in [0.1, 0.15) is 11.6 Å². The van der Waals surface area contributed by atoms with Gasteiger partial charge in [0.15, 0.2) is 6.10 Å². The van der Waals surface area contributed by atoms with Crippen LogP contribution in [-0.2, 0) is 11.3 Å². The van der Waals surface area contributed by atoms with Crippen LogP contribution in [0.15, 0.2) is 24.3 Å². The number of carbonyl (C=O) groups is 1. The normalized spacial score (nSPS) is 12.0. The van der Waals surface area contributed by atoms with E-state index < -0.39 is 6.10 Å². The molecule has 2 rings (SSSR count). The number of thiazole rings is 1. The largest absolute Gasteiger partial charge is 0.481 e. The Balaban J connectivity index is 1.87. The van der Waals surface area contributed by atoms with Crippen molar-refractivity contribution >= 4 is 17.2 Å². The fraction of sp³-hybridized carbons (Fsp3) is 0.333. The average molecular weight is 308 g/mol. The zero-order valence-electron chi connectivity index (χ0n) is 12.1. The van der Waals surface area contributed by atoms with Crippen molar-refractivity contribution in [2.24, 2.45) is 0 Å². The van der Waals surface area contributed by atoms with E-state index in [4.69, 9.17) is 4.74 Å². The number of ether oxygens (including phenoxy) is 1. The van der Waals surface area contributed by atoms with Crippen LogP contribution in [0, 0.1) is 19.7 Å². The quantitative estimate of drug-likeness (QED) is 0.924. The molecule has 0 aliphatic heterocycles. The molecule has 21 heavy (non-hydrogen) atoms. The van der Waals surface area contributed by atoms with Crippen molar-refractivity contribution in [2.45, 2.75) is 33.4 Å². The molecule has 0 fully saturated rings. The van der Waals surface area contributed by atoms with Crippen molar-refractivity contribution in [3.63, 3.8) is 0 Å². The average Bonchev–Trinajstić information content (AvgIpc) is 2.76. The Labute approximate surface area is 127 Å². The number of hydrogen-bond acceptors (Lipinski definition) is 4. The number of amides is 1. The summed E-state index contributed by atoms with van der Waals surface area (Å²) in [5.74, 6) is -0.0934. The van der Waals surface area contributed by atoms with E-state index in [0.717, 1.165) is 15.6 Å². The van der Waals surface area contributed by atoms with Crippen LogP contribution in [0.25, 0.3) is 0 Å². The molecule has 1 unspecified atom stereocenters. The second kappa shape index (κ2) is 6.67. The summed E-state index contributed by atoms with van der Waals surface area (Å²) < 4.78 is 18.3. The Bertz CT molecular complexity index is 625. The molecule has 1 aromatic heterocycles. The molecule has 0 spiro atoms. The van der Waals surface area contributed by atoms with Crippen molar-refractivity contribution in [1.82, 2.24) is 10.3 Å². The SMILES string of the molecule is Cc1nc(C)c(CNC(=O)C(C)Oc2ccc(F)cc2)s1. The number of aryl methyl sites for hydroxylation is 2. The van der Waals surface area contributed by atoms with Gasteiger partial charge in [0.05, 0.1) is 17.2 Å². The molecule has 6 heteroatoms. The molecule has 0 saturated heterocycles. The van der Waals surface area contributed by atoms with Gasteiger partial charge in [0, 0.05) is 4.88 Å². The van der Waals surface area contributed by atoms with Crippen LogP contribution in [0.5, 0.6) is 5.75 Å². The fourth-order valence-electron chi connectivity index (χ4n) is 1.82. The standard InChI is InChI=1S/C15H17FN2O2S/c1-9-14(21-11(3)18-9)8-17-15(19)10(2)20-13-6-4-12(16)5-7-13/h4-7,10H,8H2,1-3H3,(H,17,19). The first-order valence-electron chi connectivity index (χ1n) is 6.58. The lowest BCUT2D eigenvalue weighted by Crippen LogP contribution is -2.35. The van der Waals surface area contributed by atoms with Crippen molar-refractivity contribution in [3.8, 4) is 5.75 Å². The minimum absolute atomic E-state index is 0.218. The number of nitrogens with zero attached hydrogens (tertiary/aromatic N) is 1. The summed E-state index contributed by atoms with van der Waals surface area (Å²) in [6.07, 6.45) is -0.648. The lowest BCUT2D eigenvalue weighted by Gasteiger charge is -2.14. The maximum absolute atomic E-state index is 12.8. The van der Waals surface area contributed by atoms with Gasteiger partial charge < -0.3 is 10.1 Å². The van der Waals surface area contributed by atoms with E-state index in [1.807, 2.05) is 13.8 Å². The highest BCUT2D eigenvalue weighted by Crippen LogP contribution is 2.17. The maximum Gasteiger partial charge on any atom is 0.261 e. The summed E-state index contributed by atoms with van der Waals surface area (Å²) in [7, 11) is 0. The van der Waals surface area contributed by atoms with Gasteiger partial charge in [-0.3, -0.25) is 4.79 Å². The van der Waals surface area contributed by atoms with Gasteiger partial charge in [-0.1, -0.05) is 0 Å². The zero-order valence-corrected chi connectivity index (χ0v) is 13.0. The molecule has 1 atom stereocenters. The first-order chi connectivity index (χ1) is 9.95. The molecule has 1 aromatic carbocycles. The van der Waals surface area contributed by atoms with Crippen molar-refractivity contribution in [1.29, 1.82) is 0 Å². The van der Waals surface area contributed by atoms with Gasteiger partial charge in [0.2, 0.25) is 0 Å². The molecule has 2 aromatic rings. The van der Waals surface area contributed by atoms with Crippen LogP contribution < -0.4 is 10.1 Å². The van der Waals surface area contributed by atoms with Gasteiger partial charge >= 0.3 is 0 Å². The summed E-state index contributed by atoms with van der Waals surface area (Å²) in [5.41, 5.74) is 0.935. The van der Waals surface area contributed by atoms with Crippen LogP contribution in [0.1, 0.15) is 22.5 Å². The second-order valence-corrected chi connectivity index (χ2v) is 5.96. The van der Waals surface area contributed by atoms with Gasteiger partial charge in [-0.2, -0.15) is 0 Å². The first kappa shape index (κ1) is 15.4. The third-order valence-electron chi connectivity index (χ3n) is 2.92. The molecule has 0 radical (unpaired) electrons. The number of halogens is 1. The molecular formula is C15H17FN2O2S. The number of aromatic nitrogens is 1. The Morgan fingerprint density at radius 2 is 2.05 bits per heavy atom. The number of benzene rings is 1. The third kappa shape index (κ3) is 4.26. The van der Waals surface area contributed by atoms with Gasteiger partial charge in [0.25, 0.3) is 5.91 Å². The highest BCUT2D eigenvalue weighted by molar-refractivity contribution is 7.11.